The van der Waals surface area contributed by atoms with Crippen molar-refractivity contribution in [3.05, 3.63) is 71.8 Å². The molecule has 0 saturated carbocycles. The highest BCUT2D eigenvalue weighted by molar-refractivity contribution is 5.82. The molecule has 1 amide bonds. The van der Waals surface area contributed by atoms with Crippen molar-refractivity contribution in [1.82, 2.24) is 9.80 Å². The van der Waals surface area contributed by atoms with Crippen LogP contribution in [0.3, 0.4) is 0 Å². The van der Waals surface area contributed by atoms with Crippen LogP contribution < -0.4 is 0 Å². The van der Waals surface area contributed by atoms with E-state index < -0.39 is 0 Å². The Labute approximate surface area is 162 Å². The maximum absolute atomic E-state index is 12.3. The molecule has 2 fully saturated rings. The van der Waals surface area contributed by atoms with Gasteiger partial charge in [-0.2, -0.15) is 0 Å². The lowest BCUT2D eigenvalue weighted by atomic mass is 10.0. The second kappa shape index (κ2) is 8.10. The normalized spacial score (nSPS) is 22.9. The highest BCUT2D eigenvalue weighted by Gasteiger charge is 2.41. The van der Waals surface area contributed by atoms with Crippen molar-refractivity contribution in [3.63, 3.8) is 0 Å². The smallest absolute Gasteiger partial charge is 0.222 e. The molecule has 4 rings (SSSR count). The van der Waals surface area contributed by atoms with Gasteiger partial charge >= 0.3 is 0 Å². The standard InChI is InChI=1S/C24H28N2O/c1-2-24(27)26-22-13-14-23(26)18-25(17-22)16-21(20-11-7-4-8-12-20)15-19-9-5-3-6-10-19/h3-12,15,22-23H,2,13-14,16-18H2,1H3/b21-15-. The molecule has 27 heavy (non-hydrogen) atoms. The molecule has 2 aliphatic heterocycles. The maximum Gasteiger partial charge on any atom is 0.222 e. The summed E-state index contributed by atoms with van der Waals surface area (Å²) in [6.45, 7) is 4.88. The van der Waals surface area contributed by atoms with E-state index in [1.54, 1.807) is 0 Å². The van der Waals surface area contributed by atoms with E-state index in [9.17, 15) is 4.79 Å². The van der Waals surface area contributed by atoms with Crippen molar-refractivity contribution in [3.8, 4) is 0 Å². The van der Waals surface area contributed by atoms with Gasteiger partial charge in [0.15, 0.2) is 0 Å². The highest BCUT2D eigenvalue weighted by atomic mass is 16.2. The molecular formula is C24H28N2O. The van der Waals surface area contributed by atoms with Crippen LogP contribution >= 0.6 is 0 Å². The Hall–Kier alpha value is -2.39. The predicted octanol–water partition coefficient (Wildman–Crippen LogP) is 4.31. The van der Waals surface area contributed by atoms with Gasteiger partial charge in [0.25, 0.3) is 0 Å². The molecule has 2 heterocycles. The molecule has 3 nitrogen and oxygen atoms in total. The Morgan fingerprint density at radius 1 is 0.963 bits per heavy atom. The van der Waals surface area contributed by atoms with Crippen LogP contribution in [0.4, 0.5) is 0 Å². The summed E-state index contributed by atoms with van der Waals surface area (Å²) >= 11 is 0. The molecule has 2 bridgehead atoms. The third kappa shape index (κ3) is 3.98. The van der Waals surface area contributed by atoms with Gasteiger partial charge < -0.3 is 4.90 Å². The minimum absolute atomic E-state index is 0.324. The molecule has 2 unspecified atom stereocenters. The van der Waals surface area contributed by atoms with Crippen LogP contribution in [0.1, 0.15) is 37.3 Å². The number of hydrogen-bond donors (Lipinski definition) is 0. The molecule has 0 spiro atoms. The number of fused-ring (bicyclic) bond motifs is 2. The van der Waals surface area contributed by atoms with Crippen LogP contribution in [0.5, 0.6) is 0 Å². The van der Waals surface area contributed by atoms with E-state index in [2.05, 4.69) is 76.5 Å². The van der Waals surface area contributed by atoms with Gasteiger partial charge in [0.2, 0.25) is 5.91 Å². The summed E-state index contributed by atoms with van der Waals surface area (Å²) < 4.78 is 0. The minimum atomic E-state index is 0.324. The fraction of sp³-hybridized carbons (Fsp3) is 0.375. The van der Waals surface area contributed by atoms with E-state index in [1.165, 1.54) is 16.7 Å². The zero-order chi connectivity index (χ0) is 18.6. The minimum Gasteiger partial charge on any atom is -0.334 e. The van der Waals surface area contributed by atoms with Gasteiger partial charge in [-0.05, 0) is 35.6 Å². The Morgan fingerprint density at radius 2 is 1.56 bits per heavy atom. The number of carbonyl (C=O) groups excluding carboxylic acids is 1. The Bertz CT molecular complexity index is 786. The van der Waals surface area contributed by atoms with E-state index in [0.717, 1.165) is 32.5 Å². The first-order valence-electron chi connectivity index (χ1n) is 10.1. The highest BCUT2D eigenvalue weighted by Crippen LogP contribution is 2.32. The molecule has 0 N–H and O–H groups in total. The first kappa shape index (κ1) is 18.0. The average Bonchev–Trinajstić information content (AvgIpc) is 2.99. The summed E-state index contributed by atoms with van der Waals surface area (Å²) in [5, 5.41) is 0. The van der Waals surface area contributed by atoms with E-state index >= 15 is 0 Å². The van der Waals surface area contributed by atoms with Crippen molar-refractivity contribution in [1.29, 1.82) is 0 Å². The maximum atomic E-state index is 12.3. The summed E-state index contributed by atoms with van der Waals surface area (Å²) in [6.07, 6.45) is 5.23. The molecule has 0 radical (unpaired) electrons. The van der Waals surface area contributed by atoms with E-state index in [0.29, 0.717) is 24.4 Å². The van der Waals surface area contributed by atoms with Crippen LogP contribution in [-0.4, -0.2) is 47.4 Å². The molecule has 140 valence electrons. The second-order valence-corrected chi connectivity index (χ2v) is 7.68. The summed E-state index contributed by atoms with van der Waals surface area (Å²) in [6, 6.07) is 22.0. The summed E-state index contributed by atoms with van der Waals surface area (Å²) in [7, 11) is 0. The average molecular weight is 361 g/mol. The fourth-order valence-corrected chi connectivity index (χ4v) is 4.57. The summed E-state index contributed by atoms with van der Waals surface area (Å²) in [5.74, 6) is 0.324. The van der Waals surface area contributed by atoms with Crippen molar-refractivity contribution in [2.75, 3.05) is 19.6 Å². The van der Waals surface area contributed by atoms with Gasteiger partial charge in [0.1, 0.15) is 0 Å². The monoisotopic (exact) mass is 360 g/mol. The Morgan fingerprint density at radius 3 is 2.15 bits per heavy atom. The molecular weight excluding hydrogens is 332 g/mol. The van der Waals surface area contributed by atoms with Crippen LogP contribution in [0.15, 0.2) is 60.7 Å². The summed E-state index contributed by atoms with van der Waals surface area (Å²) in [4.78, 5) is 17.0. The first-order valence-corrected chi connectivity index (χ1v) is 10.1. The lowest BCUT2D eigenvalue weighted by molar-refractivity contribution is -0.136. The summed E-state index contributed by atoms with van der Waals surface area (Å²) in [5.41, 5.74) is 3.86. The molecule has 2 aromatic rings. The fourth-order valence-electron chi connectivity index (χ4n) is 4.57. The van der Waals surface area contributed by atoms with Gasteiger partial charge in [-0.15, -0.1) is 0 Å². The molecule has 2 saturated heterocycles. The van der Waals surface area contributed by atoms with Crippen LogP contribution in [-0.2, 0) is 4.79 Å². The van der Waals surface area contributed by atoms with E-state index in [4.69, 9.17) is 0 Å². The number of carbonyl (C=O) groups is 1. The molecule has 0 aromatic heterocycles. The third-order valence-corrected chi connectivity index (χ3v) is 5.83. The van der Waals surface area contributed by atoms with Crippen molar-refractivity contribution < 1.29 is 4.79 Å². The third-order valence-electron chi connectivity index (χ3n) is 5.83. The predicted molar refractivity (Wildman–Crippen MR) is 111 cm³/mol. The number of benzene rings is 2. The first-order chi connectivity index (χ1) is 13.2. The van der Waals surface area contributed by atoms with Crippen LogP contribution in [0.25, 0.3) is 11.6 Å². The molecule has 2 atom stereocenters. The largest absolute Gasteiger partial charge is 0.334 e. The van der Waals surface area contributed by atoms with Crippen molar-refractivity contribution in [2.24, 2.45) is 0 Å². The van der Waals surface area contributed by atoms with Crippen molar-refractivity contribution in [2.45, 2.75) is 38.3 Å². The lowest BCUT2D eigenvalue weighted by Gasteiger charge is -2.41. The van der Waals surface area contributed by atoms with Gasteiger partial charge in [-0.1, -0.05) is 67.6 Å². The van der Waals surface area contributed by atoms with Gasteiger partial charge in [-0.3, -0.25) is 9.69 Å². The zero-order valence-electron chi connectivity index (χ0n) is 16.1. The van der Waals surface area contributed by atoms with Crippen molar-refractivity contribution >= 4 is 17.6 Å². The Balaban J connectivity index is 1.55. The molecule has 2 aromatic carbocycles. The number of piperazine rings is 1. The van der Waals surface area contributed by atoms with Gasteiger partial charge in [0.05, 0.1) is 0 Å². The number of hydrogen-bond acceptors (Lipinski definition) is 2. The van der Waals surface area contributed by atoms with Crippen LogP contribution in [0.2, 0.25) is 0 Å². The molecule has 3 heteroatoms. The SMILES string of the molecule is CCC(=O)N1C2CCC1CN(C/C(=C/c1ccccc1)c1ccccc1)C2. The Kier molecular flexibility index (Phi) is 5.40. The lowest BCUT2D eigenvalue weighted by Crippen LogP contribution is -2.55. The van der Waals surface area contributed by atoms with Gasteiger partial charge in [-0.25, -0.2) is 0 Å². The topological polar surface area (TPSA) is 23.6 Å². The van der Waals surface area contributed by atoms with Gasteiger partial charge in [0, 0.05) is 38.1 Å². The number of nitrogens with zero attached hydrogens (tertiary/aromatic N) is 2. The number of rotatable bonds is 5. The quantitative estimate of drug-likeness (QED) is 0.742. The molecule has 0 aliphatic carbocycles. The molecule has 2 aliphatic rings. The zero-order valence-corrected chi connectivity index (χ0v) is 16.1. The van der Waals surface area contributed by atoms with Crippen LogP contribution in [0, 0.1) is 0 Å². The second-order valence-electron chi connectivity index (χ2n) is 7.68. The number of amides is 1. The number of likely N-dealkylation sites (tertiary alicyclic amines) is 1. The van der Waals surface area contributed by atoms with E-state index in [-0.39, 0.29) is 0 Å². The van der Waals surface area contributed by atoms with E-state index in [1.807, 2.05) is 6.92 Å².